The SMILES string of the molecule is O=C(Nc1cc([N+](=O)[O-])ccc1Cl)[C@H]1CCCN1. The molecule has 0 bridgehead atoms. The van der Waals surface area contributed by atoms with E-state index in [1.54, 1.807) is 0 Å². The lowest BCUT2D eigenvalue weighted by atomic mass is 10.2. The number of nitro benzene ring substituents is 1. The molecule has 1 amide bonds. The first-order valence-corrected chi connectivity index (χ1v) is 5.94. The smallest absolute Gasteiger partial charge is 0.271 e. The number of hydrogen-bond donors (Lipinski definition) is 2. The number of anilines is 1. The van der Waals surface area contributed by atoms with Gasteiger partial charge in [0.1, 0.15) is 0 Å². The van der Waals surface area contributed by atoms with E-state index in [-0.39, 0.29) is 28.3 Å². The molecule has 2 rings (SSSR count). The molecular weight excluding hydrogens is 258 g/mol. The van der Waals surface area contributed by atoms with Crippen LogP contribution in [-0.2, 0) is 4.79 Å². The Hall–Kier alpha value is -1.66. The van der Waals surface area contributed by atoms with E-state index in [0.29, 0.717) is 0 Å². The second kappa shape index (κ2) is 5.32. The van der Waals surface area contributed by atoms with Crippen molar-refractivity contribution < 1.29 is 9.72 Å². The summed E-state index contributed by atoms with van der Waals surface area (Å²) >= 11 is 5.89. The van der Waals surface area contributed by atoms with E-state index >= 15 is 0 Å². The molecule has 2 N–H and O–H groups in total. The van der Waals surface area contributed by atoms with Crippen LogP contribution in [0.5, 0.6) is 0 Å². The minimum Gasteiger partial charge on any atom is -0.323 e. The molecule has 1 aromatic rings. The highest BCUT2D eigenvalue weighted by Crippen LogP contribution is 2.27. The van der Waals surface area contributed by atoms with E-state index in [9.17, 15) is 14.9 Å². The van der Waals surface area contributed by atoms with Crippen molar-refractivity contribution >= 4 is 28.9 Å². The summed E-state index contributed by atoms with van der Waals surface area (Å²) < 4.78 is 0. The van der Waals surface area contributed by atoms with Crippen molar-refractivity contribution in [3.63, 3.8) is 0 Å². The molecule has 0 unspecified atom stereocenters. The summed E-state index contributed by atoms with van der Waals surface area (Å²) in [6, 6.07) is 3.71. The zero-order valence-electron chi connectivity index (χ0n) is 9.48. The largest absolute Gasteiger partial charge is 0.323 e. The Morgan fingerprint density at radius 3 is 2.94 bits per heavy atom. The summed E-state index contributed by atoms with van der Waals surface area (Å²) in [5, 5.41) is 16.6. The van der Waals surface area contributed by atoms with Gasteiger partial charge in [0.25, 0.3) is 5.69 Å². The minimum atomic E-state index is -0.528. The van der Waals surface area contributed by atoms with Crippen molar-refractivity contribution in [3.05, 3.63) is 33.3 Å². The fourth-order valence-corrected chi connectivity index (χ4v) is 2.02. The number of carbonyl (C=O) groups excluding carboxylic acids is 1. The lowest BCUT2D eigenvalue weighted by molar-refractivity contribution is -0.384. The Morgan fingerprint density at radius 2 is 2.33 bits per heavy atom. The van der Waals surface area contributed by atoms with Crippen LogP contribution < -0.4 is 10.6 Å². The third-order valence-corrected chi connectivity index (χ3v) is 3.13. The van der Waals surface area contributed by atoms with Crippen LogP contribution in [0.4, 0.5) is 11.4 Å². The highest BCUT2D eigenvalue weighted by Gasteiger charge is 2.23. The van der Waals surface area contributed by atoms with Gasteiger partial charge in [0.15, 0.2) is 0 Å². The fraction of sp³-hybridized carbons (Fsp3) is 0.364. The van der Waals surface area contributed by atoms with Gasteiger partial charge in [0, 0.05) is 12.1 Å². The summed E-state index contributed by atoms with van der Waals surface area (Å²) in [6.45, 7) is 0.806. The first-order valence-electron chi connectivity index (χ1n) is 5.56. The van der Waals surface area contributed by atoms with Crippen LogP contribution >= 0.6 is 11.6 Å². The van der Waals surface area contributed by atoms with E-state index in [1.807, 2.05) is 0 Å². The second-order valence-electron chi connectivity index (χ2n) is 4.06. The van der Waals surface area contributed by atoms with Crippen LogP contribution in [0.2, 0.25) is 5.02 Å². The molecule has 0 aromatic heterocycles. The van der Waals surface area contributed by atoms with Crippen LogP contribution in [0.25, 0.3) is 0 Å². The number of halogens is 1. The van der Waals surface area contributed by atoms with Gasteiger partial charge in [0.2, 0.25) is 5.91 Å². The molecule has 18 heavy (non-hydrogen) atoms. The number of benzene rings is 1. The molecule has 1 aliphatic rings. The minimum absolute atomic E-state index is 0.103. The van der Waals surface area contributed by atoms with Gasteiger partial charge in [0.05, 0.1) is 21.7 Å². The molecule has 1 saturated heterocycles. The summed E-state index contributed by atoms with van der Waals surface area (Å²) in [4.78, 5) is 22.0. The maximum atomic E-state index is 11.8. The highest BCUT2D eigenvalue weighted by molar-refractivity contribution is 6.33. The monoisotopic (exact) mass is 269 g/mol. The normalized spacial score (nSPS) is 18.6. The number of carbonyl (C=O) groups is 1. The Kier molecular flexibility index (Phi) is 3.78. The van der Waals surface area contributed by atoms with Gasteiger partial charge in [-0.25, -0.2) is 0 Å². The Labute approximate surface area is 108 Å². The average Bonchev–Trinajstić information content (AvgIpc) is 2.85. The van der Waals surface area contributed by atoms with Crippen LogP contribution in [0.3, 0.4) is 0 Å². The van der Waals surface area contributed by atoms with E-state index in [0.717, 1.165) is 19.4 Å². The number of rotatable bonds is 3. The van der Waals surface area contributed by atoms with Crippen molar-refractivity contribution in [2.75, 3.05) is 11.9 Å². The fourth-order valence-electron chi connectivity index (χ4n) is 1.85. The number of nitrogens with zero attached hydrogens (tertiary/aromatic N) is 1. The quantitative estimate of drug-likeness (QED) is 0.649. The van der Waals surface area contributed by atoms with Crippen molar-refractivity contribution in [1.29, 1.82) is 0 Å². The average molecular weight is 270 g/mol. The van der Waals surface area contributed by atoms with Crippen molar-refractivity contribution in [2.45, 2.75) is 18.9 Å². The number of amides is 1. The van der Waals surface area contributed by atoms with Crippen LogP contribution in [-0.4, -0.2) is 23.4 Å². The highest BCUT2D eigenvalue weighted by atomic mass is 35.5. The maximum absolute atomic E-state index is 11.8. The van der Waals surface area contributed by atoms with Gasteiger partial charge < -0.3 is 10.6 Å². The van der Waals surface area contributed by atoms with Crippen molar-refractivity contribution in [1.82, 2.24) is 5.32 Å². The maximum Gasteiger partial charge on any atom is 0.271 e. The molecule has 0 aliphatic carbocycles. The molecule has 7 heteroatoms. The molecule has 1 heterocycles. The third-order valence-electron chi connectivity index (χ3n) is 2.80. The summed E-state index contributed by atoms with van der Waals surface area (Å²) in [5.74, 6) is -0.213. The van der Waals surface area contributed by atoms with E-state index in [4.69, 9.17) is 11.6 Å². The Balaban J connectivity index is 2.14. The van der Waals surface area contributed by atoms with Gasteiger partial charge in [-0.05, 0) is 25.5 Å². The van der Waals surface area contributed by atoms with E-state index in [2.05, 4.69) is 10.6 Å². The summed E-state index contributed by atoms with van der Waals surface area (Å²) in [5.41, 5.74) is 0.165. The number of nitro groups is 1. The molecule has 96 valence electrons. The molecule has 1 aliphatic heterocycles. The van der Waals surface area contributed by atoms with Gasteiger partial charge >= 0.3 is 0 Å². The lowest BCUT2D eigenvalue weighted by Gasteiger charge is -2.11. The van der Waals surface area contributed by atoms with E-state index < -0.39 is 4.92 Å². The Morgan fingerprint density at radius 1 is 1.56 bits per heavy atom. The molecule has 0 radical (unpaired) electrons. The summed E-state index contributed by atoms with van der Waals surface area (Å²) in [7, 11) is 0. The molecule has 0 saturated carbocycles. The van der Waals surface area contributed by atoms with Crippen LogP contribution in [0.1, 0.15) is 12.8 Å². The third kappa shape index (κ3) is 2.77. The van der Waals surface area contributed by atoms with Crippen LogP contribution in [0.15, 0.2) is 18.2 Å². The predicted molar refractivity (Wildman–Crippen MR) is 67.8 cm³/mol. The van der Waals surface area contributed by atoms with Crippen molar-refractivity contribution in [3.8, 4) is 0 Å². The topological polar surface area (TPSA) is 84.3 Å². The van der Waals surface area contributed by atoms with Gasteiger partial charge in [-0.2, -0.15) is 0 Å². The molecule has 1 fully saturated rings. The Bertz CT molecular complexity index is 486. The molecule has 0 spiro atoms. The van der Waals surface area contributed by atoms with Gasteiger partial charge in [-0.1, -0.05) is 11.6 Å². The lowest BCUT2D eigenvalue weighted by Crippen LogP contribution is -2.35. The first-order chi connectivity index (χ1) is 8.58. The number of hydrogen-bond acceptors (Lipinski definition) is 4. The van der Waals surface area contributed by atoms with Crippen molar-refractivity contribution in [2.24, 2.45) is 0 Å². The molecule has 1 atom stereocenters. The standard InChI is InChI=1S/C11H12ClN3O3/c12-8-4-3-7(15(17)18)6-10(8)14-11(16)9-2-1-5-13-9/h3-4,6,9,13H,1-2,5H2,(H,14,16)/t9-/m1/s1. The van der Waals surface area contributed by atoms with Gasteiger partial charge in [-0.15, -0.1) is 0 Å². The zero-order valence-corrected chi connectivity index (χ0v) is 10.2. The molecule has 1 aromatic carbocycles. The summed E-state index contributed by atoms with van der Waals surface area (Å²) in [6.07, 6.45) is 1.71. The number of non-ortho nitro benzene ring substituents is 1. The predicted octanol–water partition coefficient (Wildman–Crippen LogP) is 1.94. The zero-order chi connectivity index (χ0) is 13.1. The van der Waals surface area contributed by atoms with Crippen LogP contribution in [0, 0.1) is 10.1 Å². The van der Waals surface area contributed by atoms with Gasteiger partial charge in [-0.3, -0.25) is 14.9 Å². The molecule has 6 nitrogen and oxygen atoms in total. The van der Waals surface area contributed by atoms with E-state index in [1.165, 1.54) is 18.2 Å². The number of nitrogens with one attached hydrogen (secondary N) is 2. The first kappa shape index (κ1) is 12.8. The second-order valence-corrected chi connectivity index (χ2v) is 4.47. The molecular formula is C11H12ClN3O3.